The summed E-state index contributed by atoms with van der Waals surface area (Å²) in [4.78, 5) is 25.8. The van der Waals surface area contributed by atoms with Crippen LogP contribution in [0.15, 0.2) is 103 Å². The van der Waals surface area contributed by atoms with Crippen molar-refractivity contribution in [2.24, 2.45) is 0 Å². The van der Waals surface area contributed by atoms with Crippen LogP contribution in [-0.2, 0) is 0 Å². The molecule has 138 valence electrons. The fourth-order valence-corrected chi connectivity index (χ4v) is 2.94. The van der Waals surface area contributed by atoms with Gasteiger partial charge in [0.05, 0.1) is 0 Å². The van der Waals surface area contributed by atoms with Gasteiger partial charge in [-0.05, 0) is 24.1 Å². The van der Waals surface area contributed by atoms with Crippen molar-refractivity contribution in [2.75, 3.05) is 0 Å². The largest absolute Gasteiger partial charge is 0.289 e. The second-order valence-corrected chi connectivity index (χ2v) is 6.75. The van der Waals surface area contributed by atoms with E-state index in [0.29, 0.717) is 22.3 Å². The summed E-state index contributed by atoms with van der Waals surface area (Å²) in [5.74, 6) is -0.237. The summed E-state index contributed by atoms with van der Waals surface area (Å²) in [7, 11) is 0. The first kappa shape index (κ1) is 19.2. The van der Waals surface area contributed by atoms with Crippen molar-refractivity contribution in [1.29, 1.82) is 0 Å². The maximum Gasteiger partial charge on any atom is 0.189 e. The van der Waals surface area contributed by atoms with Crippen molar-refractivity contribution in [1.82, 2.24) is 0 Å². The van der Waals surface area contributed by atoms with Gasteiger partial charge in [0.1, 0.15) is 0 Å². The van der Waals surface area contributed by atoms with E-state index in [9.17, 15) is 9.59 Å². The van der Waals surface area contributed by atoms with Crippen LogP contribution in [0.25, 0.3) is 6.08 Å². The molecule has 0 aliphatic rings. The smallest absolute Gasteiger partial charge is 0.189 e. The van der Waals surface area contributed by atoms with Crippen molar-refractivity contribution in [3.63, 3.8) is 0 Å². The van der Waals surface area contributed by atoms with Crippen molar-refractivity contribution in [2.45, 2.75) is 13.3 Å². The Kier molecular flexibility index (Phi) is 6.13. The highest BCUT2D eigenvalue weighted by atomic mass is 16.1. The lowest BCUT2D eigenvalue weighted by Crippen LogP contribution is -2.09. The molecule has 28 heavy (non-hydrogen) atoms. The molecule has 3 aromatic carbocycles. The second-order valence-electron chi connectivity index (χ2n) is 6.75. The minimum absolute atomic E-state index is 0.0943. The van der Waals surface area contributed by atoms with Crippen LogP contribution in [0.4, 0.5) is 0 Å². The lowest BCUT2D eigenvalue weighted by molar-refractivity contribution is 0.102. The van der Waals surface area contributed by atoms with E-state index in [0.717, 1.165) is 11.1 Å². The van der Waals surface area contributed by atoms with Gasteiger partial charge >= 0.3 is 0 Å². The second kappa shape index (κ2) is 8.92. The van der Waals surface area contributed by atoms with Crippen LogP contribution in [0.3, 0.4) is 0 Å². The third-order valence-corrected chi connectivity index (χ3v) is 4.51. The molecular weight excluding hydrogens is 344 g/mol. The quantitative estimate of drug-likeness (QED) is 0.374. The van der Waals surface area contributed by atoms with Crippen LogP contribution in [0.5, 0.6) is 0 Å². The topological polar surface area (TPSA) is 34.1 Å². The van der Waals surface area contributed by atoms with E-state index in [1.54, 1.807) is 24.3 Å². The number of allylic oxidation sites excluding steroid dienone is 2. The summed E-state index contributed by atoms with van der Waals surface area (Å²) in [5.41, 5.74) is 4.19. The molecule has 0 spiro atoms. The maximum atomic E-state index is 13.1. The van der Waals surface area contributed by atoms with E-state index in [1.807, 2.05) is 73.7 Å². The van der Waals surface area contributed by atoms with Gasteiger partial charge < -0.3 is 0 Å². The Morgan fingerprint density at radius 1 is 0.750 bits per heavy atom. The summed E-state index contributed by atoms with van der Waals surface area (Å²) in [6.45, 7) is 5.98. The van der Waals surface area contributed by atoms with Gasteiger partial charge in [0, 0.05) is 23.1 Å². The van der Waals surface area contributed by atoms with Crippen LogP contribution in [0.1, 0.15) is 38.3 Å². The van der Waals surface area contributed by atoms with Gasteiger partial charge in [0.2, 0.25) is 0 Å². The third-order valence-electron chi connectivity index (χ3n) is 4.51. The van der Waals surface area contributed by atoms with Crippen LogP contribution in [0, 0.1) is 6.92 Å². The molecule has 0 heterocycles. The van der Waals surface area contributed by atoms with E-state index in [4.69, 9.17) is 0 Å². The summed E-state index contributed by atoms with van der Waals surface area (Å²) < 4.78 is 0. The van der Waals surface area contributed by atoms with E-state index in [2.05, 4.69) is 6.58 Å². The van der Waals surface area contributed by atoms with Gasteiger partial charge in [-0.3, -0.25) is 9.59 Å². The van der Waals surface area contributed by atoms with Gasteiger partial charge in [0.25, 0.3) is 0 Å². The Bertz CT molecular complexity index is 1010. The number of carbonyl (C=O) groups is 2. The minimum atomic E-state index is -0.142. The molecule has 0 bridgehead atoms. The zero-order valence-electron chi connectivity index (χ0n) is 15.9. The highest BCUT2D eigenvalue weighted by molar-refractivity contribution is 6.14. The highest BCUT2D eigenvalue weighted by Gasteiger charge is 2.17. The third kappa shape index (κ3) is 4.80. The lowest BCUT2D eigenvalue weighted by atomic mass is 9.92. The molecule has 0 unspecified atom stereocenters. The first-order chi connectivity index (χ1) is 13.5. The maximum absolute atomic E-state index is 13.1. The van der Waals surface area contributed by atoms with Crippen molar-refractivity contribution in [3.8, 4) is 0 Å². The number of rotatable bonds is 7. The first-order valence-corrected chi connectivity index (χ1v) is 9.19. The first-order valence-electron chi connectivity index (χ1n) is 9.19. The van der Waals surface area contributed by atoms with Crippen LogP contribution in [0.2, 0.25) is 0 Å². The molecule has 0 amide bonds. The van der Waals surface area contributed by atoms with Crippen molar-refractivity contribution < 1.29 is 9.59 Å². The molecular formula is C26H22O2. The standard InChI is InChI=1S/C26H22O2/c1-19-13-15-21(16-14-19)18-24(26(28)23-11-7-4-8-12-23)17-20(2)25(27)22-9-5-3-6-10-22/h3-16,18H,2,17H2,1H3/b24-18+. The zero-order valence-corrected chi connectivity index (χ0v) is 15.9. The molecule has 0 aromatic heterocycles. The zero-order chi connectivity index (χ0) is 19.9. The van der Waals surface area contributed by atoms with E-state index < -0.39 is 0 Å². The van der Waals surface area contributed by atoms with Gasteiger partial charge in [-0.1, -0.05) is 97.1 Å². The normalized spacial score (nSPS) is 11.1. The Labute approximate surface area is 165 Å². The summed E-state index contributed by atoms with van der Waals surface area (Å²) in [5, 5.41) is 0. The van der Waals surface area contributed by atoms with E-state index in [-0.39, 0.29) is 18.0 Å². The molecule has 0 aliphatic heterocycles. The van der Waals surface area contributed by atoms with E-state index in [1.165, 1.54) is 0 Å². The molecule has 0 saturated heterocycles. The fourth-order valence-electron chi connectivity index (χ4n) is 2.94. The van der Waals surface area contributed by atoms with Gasteiger partial charge in [-0.25, -0.2) is 0 Å². The molecule has 3 aromatic rings. The number of carbonyl (C=O) groups excluding carboxylic acids is 2. The molecule has 3 rings (SSSR count). The minimum Gasteiger partial charge on any atom is -0.289 e. The Morgan fingerprint density at radius 3 is 1.79 bits per heavy atom. The Hall–Kier alpha value is -3.52. The molecule has 0 fully saturated rings. The number of ketones is 2. The van der Waals surface area contributed by atoms with Crippen LogP contribution < -0.4 is 0 Å². The number of hydrogen-bond donors (Lipinski definition) is 0. The molecule has 0 atom stereocenters. The molecule has 0 N–H and O–H groups in total. The van der Waals surface area contributed by atoms with Gasteiger partial charge in [-0.15, -0.1) is 0 Å². The fraction of sp³-hybridized carbons (Fsp3) is 0.0769. The highest BCUT2D eigenvalue weighted by Crippen LogP contribution is 2.22. The summed E-state index contributed by atoms with van der Waals surface area (Å²) >= 11 is 0. The van der Waals surface area contributed by atoms with Crippen molar-refractivity contribution >= 4 is 17.6 Å². The van der Waals surface area contributed by atoms with Crippen molar-refractivity contribution in [3.05, 3.63) is 125 Å². The predicted molar refractivity (Wildman–Crippen MR) is 114 cm³/mol. The lowest BCUT2D eigenvalue weighted by Gasteiger charge is -2.10. The molecule has 0 aliphatic carbocycles. The number of hydrogen-bond acceptors (Lipinski definition) is 2. The number of Topliss-reactive ketones (excluding diaryl/α,β-unsaturated/α-hetero) is 2. The van der Waals surface area contributed by atoms with Gasteiger partial charge in [-0.2, -0.15) is 0 Å². The number of aryl methyl sites for hydroxylation is 1. The molecule has 2 nitrogen and oxygen atoms in total. The van der Waals surface area contributed by atoms with Crippen LogP contribution in [-0.4, -0.2) is 11.6 Å². The summed E-state index contributed by atoms with van der Waals surface area (Å²) in [6.07, 6.45) is 2.05. The monoisotopic (exact) mass is 366 g/mol. The molecule has 0 saturated carbocycles. The van der Waals surface area contributed by atoms with Gasteiger partial charge in [0.15, 0.2) is 11.6 Å². The van der Waals surface area contributed by atoms with Crippen LogP contribution >= 0.6 is 0 Å². The summed E-state index contributed by atoms with van der Waals surface area (Å²) in [6, 6.07) is 26.1. The Morgan fingerprint density at radius 2 is 1.25 bits per heavy atom. The SMILES string of the molecule is C=C(C/C(=C\c1ccc(C)cc1)C(=O)c1ccccc1)C(=O)c1ccccc1. The predicted octanol–water partition coefficient (Wildman–Crippen LogP) is 6.09. The number of benzene rings is 3. The average Bonchev–Trinajstić information content (AvgIpc) is 2.75. The average molecular weight is 366 g/mol. The molecule has 0 radical (unpaired) electrons. The molecule has 2 heteroatoms. The Balaban J connectivity index is 1.92. The van der Waals surface area contributed by atoms with E-state index >= 15 is 0 Å².